The molecule has 1 aromatic carbocycles. The van der Waals surface area contributed by atoms with Gasteiger partial charge in [0, 0.05) is 30.9 Å². The van der Waals surface area contributed by atoms with E-state index in [-0.39, 0.29) is 17.6 Å². The summed E-state index contributed by atoms with van der Waals surface area (Å²) in [7, 11) is 0. The van der Waals surface area contributed by atoms with E-state index in [1.54, 1.807) is 13.1 Å². The molecule has 156 valence electrons. The van der Waals surface area contributed by atoms with Gasteiger partial charge in [-0.3, -0.25) is 9.59 Å². The minimum absolute atomic E-state index is 0.0256. The lowest BCUT2D eigenvalue weighted by Gasteiger charge is -2.17. The van der Waals surface area contributed by atoms with E-state index in [0.717, 1.165) is 36.9 Å². The van der Waals surface area contributed by atoms with E-state index in [9.17, 15) is 9.59 Å². The van der Waals surface area contributed by atoms with E-state index in [4.69, 9.17) is 0 Å². The number of hydrogen-bond acceptors (Lipinski definition) is 3. The Morgan fingerprint density at radius 3 is 2.80 bits per heavy atom. The zero-order valence-electron chi connectivity index (χ0n) is 17.5. The summed E-state index contributed by atoms with van der Waals surface area (Å²) in [5.41, 5.74) is 3.32. The molecule has 0 spiro atoms. The molecule has 1 fully saturated rings. The van der Waals surface area contributed by atoms with E-state index >= 15 is 0 Å². The first-order valence-electron chi connectivity index (χ1n) is 10.9. The molecule has 1 N–H and O–H groups in total. The predicted octanol–water partition coefficient (Wildman–Crippen LogP) is 4.00. The van der Waals surface area contributed by atoms with E-state index in [0.29, 0.717) is 18.8 Å². The summed E-state index contributed by atoms with van der Waals surface area (Å²) in [6.07, 6.45) is 10.7. The van der Waals surface area contributed by atoms with Crippen LogP contribution in [-0.2, 0) is 22.4 Å². The number of carbonyl (C=O) groups excluding carboxylic acids is 2. The van der Waals surface area contributed by atoms with E-state index in [1.165, 1.54) is 5.56 Å². The van der Waals surface area contributed by atoms with Crippen LogP contribution in [0.5, 0.6) is 0 Å². The first kappa shape index (κ1) is 20.3. The number of imidazole rings is 1. The molecule has 0 unspecified atom stereocenters. The number of pyridine rings is 1. The molecule has 2 heterocycles. The van der Waals surface area contributed by atoms with Crippen molar-refractivity contribution in [3.63, 3.8) is 0 Å². The van der Waals surface area contributed by atoms with Crippen LogP contribution in [0.2, 0.25) is 0 Å². The summed E-state index contributed by atoms with van der Waals surface area (Å²) in [4.78, 5) is 29.5. The number of aromatic nitrogens is 2. The molecule has 30 heavy (non-hydrogen) atoms. The predicted molar refractivity (Wildman–Crippen MR) is 117 cm³/mol. The van der Waals surface area contributed by atoms with Crippen molar-refractivity contribution in [2.24, 2.45) is 11.8 Å². The second kappa shape index (κ2) is 9.24. The van der Waals surface area contributed by atoms with Crippen LogP contribution < -0.4 is 5.32 Å². The number of ketones is 1. The van der Waals surface area contributed by atoms with Crippen LogP contribution in [0, 0.1) is 11.8 Å². The summed E-state index contributed by atoms with van der Waals surface area (Å²) in [6.45, 7) is 1.80. The first-order chi connectivity index (χ1) is 14.6. The number of Topliss-reactive ketones (excluding diaryl/α,β-unsaturated/α-hetero) is 1. The van der Waals surface area contributed by atoms with Crippen molar-refractivity contribution >= 4 is 17.3 Å². The van der Waals surface area contributed by atoms with Crippen molar-refractivity contribution in [3.8, 4) is 0 Å². The van der Waals surface area contributed by atoms with Crippen molar-refractivity contribution in [3.05, 3.63) is 72.2 Å². The zero-order chi connectivity index (χ0) is 20.9. The molecular weight excluding hydrogens is 374 g/mol. The Morgan fingerprint density at radius 1 is 1.13 bits per heavy atom. The van der Waals surface area contributed by atoms with Crippen LogP contribution in [0.3, 0.4) is 0 Å². The van der Waals surface area contributed by atoms with Crippen molar-refractivity contribution in [1.29, 1.82) is 0 Å². The maximum Gasteiger partial charge on any atom is 0.223 e. The molecule has 1 amide bonds. The van der Waals surface area contributed by atoms with Gasteiger partial charge in [0.2, 0.25) is 5.91 Å². The van der Waals surface area contributed by atoms with Gasteiger partial charge < -0.3 is 9.72 Å². The molecule has 1 aliphatic carbocycles. The third kappa shape index (κ3) is 4.96. The second-order valence-electron chi connectivity index (χ2n) is 8.49. The van der Waals surface area contributed by atoms with Crippen LogP contribution in [0.4, 0.5) is 0 Å². The molecule has 3 aromatic rings. The lowest BCUT2D eigenvalue weighted by molar-refractivity contribution is -0.129. The average molecular weight is 404 g/mol. The minimum atomic E-state index is -0.442. The van der Waals surface area contributed by atoms with Gasteiger partial charge in [0.25, 0.3) is 0 Å². The van der Waals surface area contributed by atoms with E-state index < -0.39 is 6.04 Å². The lowest BCUT2D eigenvalue weighted by Crippen LogP contribution is -2.41. The quantitative estimate of drug-likeness (QED) is 0.618. The number of aryl methyl sites for hydroxylation is 1. The van der Waals surface area contributed by atoms with Gasteiger partial charge in [-0.25, -0.2) is 4.98 Å². The number of rotatable bonds is 8. The fourth-order valence-electron chi connectivity index (χ4n) is 4.46. The summed E-state index contributed by atoms with van der Waals surface area (Å²) in [5, 5.41) is 2.96. The van der Waals surface area contributed by atoms with Crippen molar-refractivity contribution in [2.45, 2.75) is 51.5 Å². The number of fused-ring (bicyclic) bond motifs is 1. The Bertz CT molecular complexity index is 1010. The summed E-state index contributed by atoms with van der Waals surface area (Å²) < 4.78 is 1.96. The second-order valence-corrected chi connectivity index (χ2v) is 8.49. The Hall–Kier alpha value is -2.95. The highest BCUT2D eigenvalue weighted by atomic mass is 16.2. The molecule has 0 radical (unpaired) electrons. The average Bonchev–Trinajstić information content (AvgIpc) is 3.41. The number of hydrogen-bond donors (Lipinski definition) is 1. The van der Waals surface area contributed by atoms with Gasteiger partial charge in [-0.15, -0.1) is 0 Å². The number of nitrogens with zero attached hydrogens (tertiary/aromatic N) is 2. The fourth-order valence-corrected chi connectivity index (χ4v) is 4.46. The van der Waals surface area contributed by atoms with Crippen LogP contribution in [-0.4, -0.2) is 27.1 Å². The molecule has 0 aliphatic heterocycles. The smallest absolute Gasteiger partial charge is 0.223 e. The molecule has 2 aromatic heterocycles. The summed E-state index contributed by atoms with van der Waals surface area (Å²) in [5.74, 6) is 0.684. The molecule has 3 atom stereocenters. The molecule has 0 bridgehead atoms. The highest BCUT2D eigenvalue weighted by Crippen LogP contribution is 2.33. The molecule has 1 saturated carbocycles. The monoisotopic (exact) mass is 403 g/mol. The van der Waals surface area contributed by atoms with Gasteiger partial charge in [-0.1, -0.05) is 36.4 Å². The Kier molecular flexibility index (Phi) is 6.26. The fraction of sp³-hybridized carbons (Fsp3) is 0.400. The zero-order valence-corrected chi connectivity index (χ0v) is 17.5. The topological polar surface area (TPSA) is 63.5 Å². The summed E-state index contributed by atoms with van der Waals surface area (Å²) >= 11 is 0. The molecule has 0 saturated heterocycles. The number of benzene rings is 1. The first-order valence-corrected chi connectivity index (χ1v) is 10.9. The Labute approximate surface area is 177 Å². The molecule has 4 rings (SSSR count). The third-order valence-electron chi connectivity index (χ3n) is 6.23. The van der Waals surface area contributed by atoms with Gasteiger partial charge in [0.05, 0.1) is 6.04 Å². The third-order valence-corrected chi connectivity index (χ3v) is 6.23. The van der Waals surface area contributed by atoms with Gasteiger partial charge >= 0.3 is 0 Å². The van der Waals surface area contributed by atoms with Crippen molar-refractivity contribution < 1.29 is 9.59 Å². The Balaban J connectivity index is 1.23. The van der Waals surface area contributed by atoms with Gasteiger partial charge in [-0.05, 0) is 62.1 Å². The minimum Gasteiger partial charge on any atom is -0.346 e. The molecular formula is C25H29N3O2. The van der Waals surface area contributed by atoms with Gasteiger partial charge in [0.15, 0.2) is 5.78 Å². The van der Waals surface area contributed by atoms with E-state index in [1.807, 2.05) is 35.0 Å². The standard InChI is InChI=1S/C25H29N3O2/c1-18(23(29)11-8-20-9-12-24-26-13-14-28(24)17-20)27-25(30)22-10-7-21(16-22)15-19-5-3-2-4-6-19/h2-6,9,12-14,17-18,21-22H,7-8,10-11,15-16H2,1H3,(H,27,30)/t18-,21-,22+/m0/s1. The number of nitrogens with one attached hydrogen (secondary N) is 1. The van der Waals surface area contributed by atoms with Crippen molar-refractivity contribution in [1.82, 2.24) is 14.7 Å². The number of carbonyl (C=O) groups is 2. The van der Waals surface area contributed by atoms with Crippen molar-refractivity contribution in [2.75, 3.05) is 0 Å². The Morgan fingerprint density at radius 2 is 1.97 bits per heavy atom. The highest BCUT2D eigenvalue weighted by molar-refractivity contribution is 5.89. The lowest BCUT2D eigenvalue weighted by atomic mass is 9.96. The maximum atomic E-state index is 12.7. The van der Waals surface area contributed by atoms with Crippen LogP contribution >= 0.6 is 0 Å². The molecule has 1 aliphatic rings. The van der Waals surface area contributed by atoms with Gasteiger partial charge in [0.1, 0.15) is 5.65 Å². The highest BCUT2D eigenvalue weighted by Gasteiger charge is 2.31. The van der Waals surface area contributed by atoms with Crippen LogP contribution in [0.25, 0.3) is 5.65 Å². The molecule has 5 nitrogen and oxygen atoms in total. The van der Waals surface area contributed by atoms with Crippen LogP contribution in [0.15, 0.2) is 61.1 Å². The van der Waals surface area contributed by atoms with Crippen LogP contribution in [0.1, 0.15) is 43.7 Å². The van der Waals surface area contributed by atoms with Gasteiger partial charge in [-0.2, -0.15) is 0 Å². The SMILES string of the molecule is C[C@H](NC(=O)[C@@H]1CC[C@@H](Cc2ccccc2)C1)C(=O)CCc1ccc2nccn2c1. The largest absolute Gasteiger partial charge is 0.346 e. The van der Waals surface area contributed by atoms with E-state index in [2.05, 4.69) is 34.6 Å². The molecule has 5 heteroatoms. The number of amides is 1. The normalized spacial score (nSPS) is 19.6. The maximum absolute atomic E-state index is 12.7. The summed E-state index contributed by atoms with van der Waals surface area (Å²) in [6, 6.07) is 14.0.